The molecular weight excluding hydrogens is 290 g/mol. The SMILES string of the molecule is NC(=O)c1ccnnc1Cc1cc(F)c(F)cc1NC1CC1. The predicted molar refractivity (Wildman–Crippen MR) is 76.4 cm³/mol. The molecule has 1 saturated carbocycles. The van der Waals surface area contributed by atoms with Crippen LogP contribution in [-0.4, -0.2) is 22.1 Å². The molecule has 3 N–H and O–H groups in total. The minimum atomic E-state index is -0.944. The van der Waals surface area contributed by atoms with Gasteiger partial charge in [0.1, 0.15) is 0 Å². The minimum absolute atomic E-state index is 0.137. The second-order valence-corrected chi connectivity index (χ2v) is 5.27. The van der Waals surface area contributed by atoms with Crippen molar-refractivity contribution in [3.05, 3.63) is 52.9 Å². The zero-order valence-electron chi connectivity index (χ0n) is 11.6. The van der Waals surface area contributed by atoms with E-state index in [4.69, 9.17) is 5.73 Å². The molecule has 5 nitrogen and oxygen atoms in total. The van der Waals surface area contributed by atoms with Gasteiger partial charge in [0, 0.05) is 24.2 Å². The first-order valence-corrected chi connectivity index (χ1v) is 6.89. The summed E-state index contributed by atoms with van der Waals surface area (Å²) in [5.41, 5.74) is 6.86. The maximum Gasteiger partial charge on any atom is 0.250 e. The smallest absolute Gasteiger partial charge is 0.250 e. The van der Waals surface area contributed by atoms with Crippen LogP contribution in [0.15, 0.2) is 24.4 Å². The summed E-state index contributed by atoms with van der Waals surface area (Å²) in [6.07, 6.45) is 3.49. The fourth-order valence-corrected chi connectivity index (χ4v) is 2.21. The second kappa shape index (κ2) is 5.67. The number of carbonyl (C=O) groups excluding carboxylic acids is 1. The number of nitrogens with two attached hydrogens (primary N) is 1. The van der Waals surface area contributed by atoms with Crippen LogP contribution in [0.3, 0.4) is 0 Å². The number of nitrogens with one attached hydrogen (secondary N) is 1. The van der Waals surface area contributed by atoms with E-state index in [-0.39, 0.29) is 18.0 Å². The highest BCUT2D eigenvalue weighted by Crippen LogP contribution is 2.29. The van der Waals surface area contributed by atoms with E-state index in [9.17, 15) is 13.6 Å². The summed E-state index contributed by atoms with van der Waals surface area (Å²) in [6.45, 7) is 0. The molecule has 0 saturated heterocycles. The first-order valence-electron chi connectivity index (χ1n) is 6.89. The van der Waals surface area contributed by atoms with Crippen LogP contribution >= 0.6 is 0 Å². The molecule has 1 amide bonds. The summed E-state index contributed by atoms with van der Waals surface area (Å²) in [7, 11) is 0. The Labute approximate surface area is 125 Å². The molecule has 1 fully saturated rings. The third-order valence-corrected chi connectivity index (χ3v) is 3.50. The number of hydrogen-bond donors (Lipinski definition) is 2. The highest BCUT2D eigenvalue weighted by molar-refractivity contribution is 5.93. The molecule has 1 aromatic heterocycles. The van der Waals surface area contributed by atoms with Crippen LogP contribution in [0.5, 0.6) is 0 Å². The minimum Gasteiger partial charge on any atom is -0.382 e. The van der Waals surface area contributed by atoms with Crippen molar-refractivity contribution >= 4 is 11.6 Å². The lowest BCUT2D eigenvalue weighted by molar-refractivity contribution is 0.0999. The van der Waals surface area contributed by atoms with Crippen LogP contribution in [-0.2, 0) is 6.42 Å². The third-order valence-electron chi connectivity index (χ3n) is 3.50. The molecule has 7 heteroatoms. The molecule has 1 aliphatic rings. The molecule has 2 aromatic rings. The third kappa shape index (κ3) is 3.03. The summed E-state index contributed by atoms with van der Waals surface area (Å²) in [5, 5.41) is 10.8. The van der Waals surface area contributed by atoms with Gasteiger partial charge in [0.15, 0.2) is 11.6 Å². The van der Waals surface area contributed by atoms with Crippen molar-refractivity contribution in [2.45, 2.75) is 25.3 Å². The molecule has 1 aromatic carbocycles. The number of anilines is 1. The Morgan fingerprint density at radius 3 is 2.73 bits per heavy atom. The maximum atomic E-state index is 13.5. The van der Waals surface area contributed by atoms with Crippen molar-refractivity contribution in [2.75, 3.05) is 5.32 Å². The predicted octanol–water partition coefficient (Wildman–Crippen LogP) is 2.02. The summed E-state index contributed by atoms with van der Waals surface area (Å²) >= 11 is 0. The first-order chi connectivity index (χ1) is 10.5. The van der Waals surface area contributed by atoms with E-state index in [1.165, 1.54) is 12.3 Å². The van der Waals surface area contributed by atoms with Crippen LogP contribution < -0.4 is 11.1 Å². The van der Waals surface area contributed by atoms with E-state index >= 15 is 0 Å². The Hall–Kier alpha value is -2.57. The molecular formula is C15H14F2N4O. The topological polar surface area (TPSA) is 80.9 Å². The Bertz CT molecular complexity index is 731. The van der Waals surface area contributed by atoms with Crippen molar-refractivity contribution in [1.82, 2.24) is 10.2 Å². The van der Waals surface area contributed by atoms with Gasteiger partial charge in [-0.2, -0.15) is 10.2 Å². The monoisotopic (exact) mass is 304 g/mol. The normalized spacial score (nSPS) is 13.9. The molecule has 0 aliphatic heterocycles. The molecule has 0 bridgehead atoms. The quantitative estimate of drug-likeness (QED) is 0.885. The van der Waals surface area contributed by atoms with Gasteiger partial charge in [-0.15, -0.1) is 0 Å². The van der Waals surface area contributed by atoms with Crippen LogP contribution in [0.4, 0.5) is 14.5 Å². The number of rotatable bonds is 5. The van der Waals surface area contributed by atoms with Crippen LogP contribution in [0.1, 0.15) is 34.5 Å². The summed E-state index contributed by atoms with van der Waals surface area (Å²) in [5.74, 6) is -2.49. The molecule has 3 rings (SSSR count). The van der Waals surface area contributed by atoms with Crippen molar-refractivity contribution in [2.24, 2.45) is 5.73 Å². The molecule has 0 spiro atoms. The zero-order valence-corrected chi connectivity index (χ0v) is 11.6. The number of halogens is 2. The Morgan fingerprint density at radius 1 is 1.32 bits per heavy atom. The van der Waals surface area contributed by atoms with E-state index in [0.717, 1.165) is 25.0 Å². The Kier molecular flexibility index (Phi) is 3.70. The van der Waals surface area contributed by atoms with E-state index in [2.05, 4.69) is 15.5 Å². The van der Waals surface area contributed by atoms with Crippen molar-refractivity contribution in [1.29, 1.82) is 0 Å². The highest BCUT2D eigenvalue weighted by Gasteiger charge is 2.23. The number of carbonyl (C=O) groups is 1. The van der Waals surface area contributed by atoms with Gasteiger partial charge in [0.05, 0.1) is 17.5 Å². The fraction of sp³-hybridized carbons (Fsp3) is 0.267. The van der Waals surface area contributed by atoms with Crippen molar-refractivity contribution in [3.8, 4) is 0 Å². The molecule has 0 radical (unpaired) electrons. The van der Waals surface area contributed by atoms with Gasteiger partial charge in [0.2, 0.25) is 0 Å². The van der Waals surface area contributed by atoms with Gasteiger partial charge in [0.25, 0.3) is 5.91 Å². The van der Waals surface area contributed by atoms with Gasteiger partial charge in [-0.3, -0.25) is 4.79 Å². The van der Waals surface area contributed by atoms with Crippen molar-refractivity contribution < 1.29 is 13.6 Å². The number of nitrogens with zero attached hydrogens (tertiary/aromatic N) is 2. The van der Waals surface area contributed by atoms with Crippen LogP contribution in [0.2, 0.25) is 0 Å². The standard InChI is InChI=1S/C15H14F2N4O/c16-11-5-8(13(7-12(11)17)20-9-1-2-9)6-14-10(15(18)22)3-4-19-21-14/h3-5,7,9,20H,1-2,6H2,(H2,18,22). The average Bonchev–Trinajstić information content (AvgIpc) is 3.28. The number of hydrogen-bond acceptors (Lipinski definition) is 4. The Morgan fingerprint density at radius 2 is 2.05 bits per heavy atom. The van der Waals surface area contributed by atoms with Gasteiger partial charge in [-0.25, -0.2) is 8.78 Å². The van der Waals surface area contributed by atoms with Gasteiger partial charge in [-0.05, 0) is 30.5 Å². The lowest BCUT2D eigenvalue weighted by Gasteiger charge is -2.13. The summed E-state index contributed by atoms with van der Waals surface area (Å²) in [6, 6.07) is 3.97. The molecule has 1 aliphatic carbocycles. The van der Waals surface area contributed by atoms with E-state index in [0.29, 0.717) is 16.9 Å². The average molecular weight is 304 g/mol. The molecule has 1 heterocycles. The fourth-order valence-electron chi connectivity index (χ4n) is 2.21. The van der Waals surface area contributed by atoms with Gasteiger partial charge in [-0.1, -0.05) is 0 Å². The molecule has 0 unspecified atom stereocenters. The Balaban J connectivity index is 1.97. The van der Waals surface area contributed by atoms with Crippen LogP contribution in [0.25, 0.3) is 0 Å². The van der Waals surface area contributed by atoms with E-state index < -0.39 is 17.5 Å². The lowest BCUT2D eigenvalue weighted by atomic mass is 10.0. The number of amides is 1. The second-order valence-electron chi connectivity index (χ2n) is 5.27. The zero-order chi connectivity index (χ0) is 15.7. The summed E-state index contributed by atoms with van der Waals surface area (Å²) < 4.78 is 27.0. The molecule has 114 valence electrons. The van der Waals surface area contributed by atoms with Gasteiger partial charge >= 0.3 is 0 Å². The van der Waals surface area contributed by atoms with E-state index in [1.54, 1.807) is 0 Å². The molecule has 22 heavy (non-hydrogen) atoms. The number of primary amides is 1. The van der Waals surface area contributed by atoms with Crippen LogP contribution in [0, 0.1) is 11.6 Å². The summed E-state index contributed by atoms with van der Waals surface area (Å²) in [4.78, 5) is 11.4. The first kappa shape index (κ1) is 14.4. The lowest BCUT2D eigenvalue weighted by Crippen LogP contribution is -2.16. The largest absolute Gasteiger partial charge is 0.382 e. The number of benzene rings is 1. The van der Waals surface area contributed by atoms with Crippen molar-refractivity contribution in [3.63, 3.8) is 0 Å². The van der Waals surface area contributed by atoms with Gasteiger partial charge < -0.3 is 11.1 Å². The highest BCUT2D eigenvalue weighted by atomic mass is 19.2. The maximum absolute atomic E-state index is 13.5. The van der Waals surface area contributed by atoms with E-state index in [1.807, 2.05) is 0 Å². The number of aromatic nitrogens is 2. The molecule has 0 atom stereocenters.